The number of hydrogen-bond donors (Lipinski definition) is 2. The van der Waals surface area contributed by atoms with E-state index in [2.05, 4.69) is 25.9 Å². The van der Waals surface area contributed by atoms with Gasteiger partial charge in [-0.3, -0.25) is 4.79 Å². The number of H-pyrrole nitrogens is 1. The van der Waals surface area contributed by atoms with E-state index in [0.29, 0.717) is 16.6 Å². The van der Waals surface area contributed by atoms with E-state index >= 15 is 0 Å². The predicted molar refractivity (Wildman–Crippen MR) is 54.5 cm³/mol. The van der Waals surface area contributed by atoms with E-state index in [0.717, 1.165) is 4.47 Å². The zero-order valence-electron chi connectivity index (χ0n) is 6.54. The maximum Gasteiger partial charge on any atom is 0.258 e. The summed E-state index contributed by atoms with van der Waals surface area (Å²) in [5.41, 5.74) is 6.56. The van der Waals surface area contributed by atoms with Crippen LogP contribution in [0.5, 0.6) is 0 Å². The SMILES string of the molecule is Nc1cc(Br)c2nc[nH]c(=O)c2c1. The van der Waals surface area contributed by atoms with Gasteiger partial charge in [0.25, 0.3) is 5.56 Å². The third-order valence-corrected chi connectivity index (χ3v) is 2.32. The van der Waals surface area contributed by atoms with Crippen molar-refractivity contribution in [3.05, 3.63) is 33.3 Å². The third kappa shape index (κ3) is 1.31. The molecule has 0 spiro atoms. The monoisotopic (exact) mass is 239 g/mol. The Morgan fingerprint density at radius 3 is 3.00 bits per heavy atom. The van der Waals surface area contributed by atoms with Gasteiger partial charge in [0.05, 0.1) is 17.2 Å². The van der Waals surface area contributed by atoms with E-state index in [1.807, 2.05) is 0 Å². The number of fused-ring (bicyclic) bond motifs is 1. The lowest BCUT2D eigenvalue weighted by atomic mass is 10.2. The minimum Gasteiger partial charge on any atom is -0.399 e. The number of hydrogen-bond acceptors (Lipinski definition) is 3. The largest absolute Gasteiger partial charge is 0.399 e. The average Bonchev–Trinajstić information content (AvgIpc) is 2.07. The molecule has 2 rings (SSSR count). The highest BCUT2D eigenvalue weighted by molar-refractivity contribution is 9.10. The molecule has 0 bridgehead atoms. The Hall–Kier alpha value is -1.36. The smallest absolute Gasteiger partial charge is 0.258 e. The van der Waals surface area contributed by atoms with E-state index in [-0.39, 0.29) is 5.56 Å². The molecular formula is C8H6BrN3O. The van der Waals surface area contributed by atoms with Gasteiger partial charge in [0, 0.05) is 10.2 Å². The first-order chi connectivity index (χ1) is 6.18. The van der Waals surface area contributed by atoms with Gasteiger partial charge in [-0.1, -0.05) is 0 Å². The molecule has 0 fully saturated rings. The molecule has 0 saturated heterocycles. The fourth-order valence-corrected chi connectivity index (χ4v) is 1.74. The summed E-state index contributed by atoms with van der Waals surface area (Å²) in [6, 6.07) is 3.32. The van der Waals surface area contributed by atoms with E-state index in [1.165, 1.54) is 6.33 Å². The minimum absolute atomic E-state index is 0.182. The summed E-state index contributed by atoms with van der Waals surface area (Å²) in [5.74, 6) is 0. The first-order valence-electron chi connectivity index (χ1n) is 3.61. The number of aromatic amines is 1. The summed E-state index contributed by atoms with van der Waals surface area (Å²) < 4.78 is 0.730. The van der Waals surface area contributed by atoms with Gasteiger partial charge in [-0.05, 0) is 28.1 Å². The summed E-state index contributed by atoms with van der Waals surface area (Å²) in [6.07, 6.45) is 1.37. The highest BCUT2D eigenvalue weighted by Crippen LogP contribution is 2.22. The highest BCUT2D eigenvalue weighted by Gasteiger charge is 2.03. The summed E-state index contributed by atoms with van der Waals surface area (Å²) in [5, 5.41) is 0.495. The normalized spacial score (nSPS) is 10.5. The number of nitrogens with zero attached hydrogens (tertiary/aromatic N) is 1. The minimum atomic E-state index is -0.182. The molecule has 1 aromatic carbocycles. The predicted octanol–water partition coefficient (Wildman–Crippen LogP) is 1.27. The molecule has 66 valence electrons. The van der Waals surface area contributed by atoms with Crippen LogP contribution in [-0.2, 0) is 0 Å². The Balaban J connectivity index is 3.03. The fraction of sp³-hybridized carbons (Fsp3) is 0. The zero-order chi connectivity index (χ0) is 9.42. The molecule has 2 aromatic rings. The van der Waals surface area contributed by atoms with Gasteiger partial charge in [-0.25, -0.2) is 4.98 Å². The number of anilines is 1. The number of halogens is 1. The third-order valence-electron chi connectivity index (χ3n) is 1.72. The Labute approximate surface area is 81.9 Å². The highest BCUT2D eigenvalue weighted by atomic mass is 79.9. The molecule has 1 heterocycles. The van der Waals surface area contributed by atoms with Gasteiger partial charge in [-0.2, -0.15) is 0 Å². The number of nitrogens with two attached hydrogens (primary N) is 1. The number of aromatic nitrogens is 2. The second kappa shape index (κ2) is 2.85. The van der Waals surface area contributed by atoms with Crippen LogP contribution < -0.4 is 11.3 Å². The molecule has 0 aliphatic carbocycles. The van der Waals surface area contributed by atoms with Crippen LogP contribution in [0.4, 0.5) is 5.69 Å². The molecule has 1 aromatic heterocycles. The Kier molecular flexibility index (Phi) is 1.81. The number of nitrogen functional groups attached to an aromatic ring is 1. The van der Waals surface area contributed by atoms with E-state index in [1.54, 1.807) is 12.1 Å². The van der Waals surface area contributed by atoms with Gasteiger partial charge >= 0.3 is 0 Å². The molecule has 3 N–H and O–H groups in total. The standard InChI is InChI=1S/C8H6BrN3O/c9-6-2-4(10)1-5-7(6)11-3-12-8(5)13/h1-3H,10H2,(H,11,12,13). The van der Waals surface area contributed by atoms with Crippen molar-refractivity contribution < 1.29 is 0 Å². The van der Waals surface area contributed by atoms with Gasteiger partial charge in [0.15, 0.2) is 0 Å². The second-order valence-corrected chi connectivity index (χ2v) is 3.48. The summed E-state index contributed by atoms with van der Waals surface area (Å²) in [7, 11) is 0. The lowest BCUT2D eigenvalue weighted by Gasteiger charge is -1.99. The molecule has 0 atom stereocenters. The van der Waals surface area contributed by atoms with Crippen LogP contribution in [0.2, 0.25) is 0 Å². The molecule has 0 saturated carbocycles. The van der Waals surface area contributed by atoms with Gasteiger partial charge < -0.3 is 10.7 Å². The van der Waals surface area contributed by atoms with Crippen LogP contribution >= 0.6 is 15.9 Å². The van der Waals surface area contributed by atoms with Crippen molar-refractivity contribution in [3.8, 4) is 0 Å². The number of nitrogens with one attached hydrogen (secondary N) is 1. The van der Waals surface area contributed by atoms with Crippen molar-refractivity contribution in [2.24, 2.45) is 0 Å². The van der Waals surface area contributed by atoms with E-state index < -0.39 is 0 Å². The van der Waals surface area contributed by atoms with Crippen molar-refractivity contribution in [1.82, 2.24) is 9.97 Å². The molecule has 0 aliphatic heterocycles. The first kappa shape index (κ1) is 8.25. The van der Waals surface area contributed by atoms with Gasteiger partial charge in [0.1, 0.15) is 0 Å². The number of rotatable bonds is 0. The molecule has 0 aliphatic rings. The van der Waals surface area contributed by atoms with Crippen molar-refractivity contribution >= 4 is 32.5 Å². The Morgan fingerprint density at radius 2 is 2.23 bits per heavy atom. The van der Waals surface area contributed by atoms with Crippen LogP contribution in [-0.4, -0.2) is 9.97 Å². The fourth-order valence-electron chi connectivity index (χ4n) is 1.16. The molecule has 0 unspecified atom stereocenters. The maximum atomic E-state index is 11.3. The molecule has 13 heavy (non-hydrogen) atoms. The van der Waals surface area contributed by atoms with Crippen molar-refractivity contribution in [2.75, 3.05) is 5.73 Å². The summed E-state index contributed by atoms with van der Waals surface area (Å²) >= 11 is 3.29. The van der Waals surface area contributed by atoms with Crippen molar-refractivity contribution in [3.63, 3.8) is 0 Å². The van der Waals surface area contributed by atoms with Gasteiger partial charge in [-0.15, -0.1) is 0 Å². The quantitative estimate of drug-likeness (QED) is 0.681. The molecule has 0 radical (unpaired) electrons. The Morgan fingerprint density at radius 1 is 1.46 bits per heavy atom. The van der Waals surface area contributed by atoms with Crippen LogP contribution in [0.15, 0.2) is 27.7 Å². The van der Waals surface area contributed by atoms with Crippen molar-refractivity contribution in [1.29, 1.82) is 0 Å². The number of benzene rings is 1. The van der Waals surface area contributed by atoms with Crippen molar-refractivity contribution in [2.45, 2.75) is 0 Å². The summed E-state index contributed by atoms with van der Waals surface area (Å²) in [6.45, 7) is 0. The van der Waals surface area contributed by atoms with E-state index in [9.17, 15) is 4.79 Å². The first-order valence-corrected chi connectivity index (χ1v) is 4.40. The molecule has 5 heteroatoms. The van der Waals surface area contributed by atoms with Crippen LogP contribution in [0, 0.1) is 0 Å². The van der Waals surface area contributed by atoms with Crippen LogP contribution in [0.1, 0.15) is 0 Å². The summed E-state index contributed by atoms with van der Waals surface area (Å²) in [4.78, 5) is 17.8. The average molecular weight is 240 g/mol. The molecule has 4 nitrogen and oxygen atoms in total. The molecular weight excluding hydrogens is 234 g/mol. The zero-order valence-corrected chi connectivity index (χ0v) is 8.13. The van der Waals surface area contributed by atoms with Gasteiger partial charge in [0.2, 0.25) is 0 Å². The van der Waals surface area contributed by atoms with E-state index in [4.69, 9.17) is 5.73 Å². The second-order valence-electron chi connectivity index (χ2n) is 2.63. The topological polar surface area (TPSA) is 71.8 Å². The Bertz CT molecular complexity index is 520. The molecule has 0 amide bonds. The van der Waals surface area contributed by atoms with Crippen LogP contribution in [0.3, 0.4) is 0 Å². The maximum absolute atomic E-state index is 11.3. The lowest BCUT2D eigenvalue weighted by Crippen LogP contribution is -2.06. The lowest BCUT2D eigenvalue weighted by molar-refractivity contribution is 1.17. The van der Waals surface area contributed by atoms with Crippen LogP contribution in [0.25, 0.3) is 10.9 Å².